The molecule has 0 amide bonds. The maximum absolute atomic E-state index is 13.5. The Morgan fingerprint density at radius 2 is 1.79 bits per heavy atom. The Labute approximate surface area is 221 Å². The van der Waals surface area contributed by atoms with E-state index >= 15 is 0 Å². The summed E-state index contributed by atoms with van der Waals surface area (Å²) in [7, 11) is -1.70. The molecule has 1 aromatic carbocycles. The lowest BCUT2D eigenvalue weighted by atomic mass is 10.1. The molecule has 0 atom stereocenters. The number of benzene rings is 1. The van der Waals surface area contributed by atoms with Crippen molar-refractivity contribution < 1.29 is 13.2 Å². The first-order chi connectivity index (χ1) is 18.2. The van der Waals surface area contributed by atoms with E-state index in [2.05, 4.69) is 19.9 Å². The highest BCUT2D eigenvalue weighted by molar-refractivity contribution is 7.91. The molecule has 4 aromatic rings. The van der Waals surface area contributed by atoms with E-state index in [1.165, 1.54) is 6.33 Å². The van der Waals surface area contributed by atoms with Gasteiger partial charge in [0.25, 0.3) is 5.56 Å². The fourth-order valence-electron chi connectivity index (χ4n) is 4.52. The van der Waals surface area contributed by atoms with Crippen molar-refractivity contribution in [2.45, 2.75) is 63.3 Å². The first-order valence-corrected chi connectivity index (χ1v) is 14.4. The summed E-state index contributed by atoms with van der Waals surface area (Å²) in [5, 5.41) is 0. The molecule has 10 nitrogen and oxygen atoms in total. The molecule has 1 aliphatic rings. The molecular weight excluding hydrogens is 504 g/mol. The van der Waals surface area contributed by atoms with Crippen LogP contribution in [0.4, 0.5) is 0 Å². The summed E-state index contributed by atoms with van der Waals surface area (Å²) in [4.78, 5) is 36.6. The van der Waals surface area contributed by atoms with E-state index < -0.39 is 9.84 Å². The van der Waals surface area contributed by atoms with E-state index in [4.69, 9.17) is 9.72 Å². The zero-order chi connectivity index (χ0) is 27.0. The zero-order valence-electron chi connectivity index (χ0n) is 21.9. The smallest absolute Gasteiger partial charge is 0.274 e. The first kappa shape index (κ1) is 25.9. The van der Waals surface area contributed by atoms with E-state index in [-0.39, 0.29) is 17.4 Å². The number of fused-ring (bicyclic) bond motifs is 1. The van der Waals surface area contributed by atoms with Crippen LogP contribution in [0.15, 0.2) is 46.5 Å². The number of aromatic nitrogens is 6. The highest BCUT2D eigenvalue weighted by Crippen LogP contribution is 2.44. The molecule has 0 aliphatic heterocycles. The van der Waals surface area contributed by atoms with Crippen LogP contribution in [0.3, 0.4) is 0 Å². The number of sulfone groups is 1. The standard InChI is InChI=1S/C27H30N6O4S/c1-5-38(35,36)19-11-6-17(7-12-19)8-13-20-27(34)33(16(2)3)25-21(31-20)14-28-24(32-25)22-23(18-9-10-18)29-15-30-26(22)37-4/h6-7,11-12,14-16,18H,5,8-10,13H2,1-4H3. The Morgan fingerprint density at radius 3 is 2.42 bits per heavy atom. The molecule has 0 N–H and O–H groups in total. The topological polar surface area (TPSA) is 130 Å². The van der Waals surface area contributed by atoms with E-state index in [1.807, 2.05) is 13.8 Å². The van der Waals surface area contributed by atoms with Crippen LogP contribution < -0.4 is 10.3 Å². The Morgan fingerprint density at radius 1 is 1.05 bits per heavy atom. The molecule has 3 heterocycles. The van der Waals surface area contributed by atoms with Gasteiger partial charge >= 0.3 is 0 Å². The summed E-state index contributed by atoms with van der Waals surface area (Å²) in [5.74, 6) is 1.19. The van der Waals surface area contributed by atoms with Crippen LogP contribution >= 0.6 is 0 Å². The second-order valence-corrected chi connectivity index (χ2v) is 12.0. The van der Waals surface area contributed by atoms with Gasteiger partial charge in [-0.05, 0) is 57.2 Å². The van der Waals surface area contributed by atoms with Gasteiger partial charge in [-0.1, -0.05) is 19.1 Å². The van der Waals surface area contributed by atoms with Gasteiger partial charge in [0.05, 0.1) is 29.6 Å². The van der Waals surface area contributed by atoms with Crippen molar-refractivity contribution in [1.29, 1.82) is 0 Å². The highest BCUT2D eigenvalue weighted by Gasteiger charge is 2.31. The summed E-state index contributed by atoms with van der Waals surface area (Å²) in [6, 6.07) is 6.63. The molecule has 1 aliphatic carbocycles. The average Bonchev–Trinajstić information content (AvgIpc) is 3.77. The quantitative estimate of drug-likeness (QED) is 0.315. The van der Waals surface area contributed by atoms with Gasteiger partial charge in [-0.3, -0.25) is 9.36 Å². The number of ether oxygens (including phenoxy) is 1. The molecule has 0 bridgehead atoms. The molecule has 0 unspecified atom stereocenters. The molecule has 38 heavy (non-hydrogen) atoms. The van der Waals surface area contributed by atoms with Crippen molar-refractivity contribution in [2.75, 3.05) is 12.9 Å². The minimum absolute atomic E-state index is 0.0534. The van der Waals surface area contributed by atoms with Gasteiger partial charge in [-0.25, -0.2) is 33.3 Å². The van der Waals surface area contributed by atoms with Crippen molar-refractivity contribution >= 4 is 21.0 Å². The van der Waals surface area contributed by atoms with Gasteiger partial charge in [-0.15, -0.1) is 0 Å². The molecular formula is C27H30N6O4S. The van der Waals surface area contributed by atoms with Crippen molar-refractivity contribution in [2.24, 2.45) is 0 Å². The Balaban J connectivity index is 1.52. The van der Waals surface area contributed by atoms with Crippen LogP contribution in [0, 0.1) is 0 Å². The van der Waals surface area contributed by atoms with Crippen molar-refractivity contribution in [3.8, 4) is 17.3 Å². The van der Waals surface area contributed by atoms with Crippen LogP contribution in [-0.2, 0) is 22.7 Å². The van der Waals surface area contributed by atoms with Crippen molar-refractivity contribution in [1.82, 2.24) is 29.5 Å². The number of nitrogens with zero attached hydrogens (tertiary/aromatic N) is 6. The fourth-order valence-corrected chi connectivity index (χ4v) is 5.40. The minimum Gasteiger partial charge on any atom is -0.480 e. The third-order valence-electron chi connectivity index (χ3n) is 6.75. The SMILES string of the molecule is CCS(=O)(=O)c1ccc(CCc2nc3cnc(-c4c(OC)ncnc4C4CC4)nc3n(C(C)C)c2=O)cc1. The Hall–Kier alpha value is -3.73. The highest BCUT2D eigenvalue weighted by atomic mass is 32.2. The number of methoxy groups -OCH3 is 1. The predicted octanol–water partition coefficient (Wildman–Crippen LogP) is 3.69. The molecule has 0 saturated heterocycles. The number of hydrogen-bond acceptors (Lipinski definition) is 9. The number of hydrogen-bond donors (Lipinski definition) is 0. The van der Waals surface area contributed by atoms with E-state index in [0.29, 0.717) is 57.8 Å². The molecule has 1 fully saturated rings. The van der Waals surface area contributed by atoms with Crippen molar-refractivity contribution in [3.05, 3.63) is 64.1 Å². The second-order valence-electron chi connectivity index (χ2n) is 9.69. The molecule has 198 valence electrons. The normalized spacial score (nSPS) is 13.8. The average molecular weight is 535 g/mol. The lowest BCUT2D eigenvalue weighted by molar-refractivity contribution is 0.397. The first-order valence-electron chi connectivity index (χ1n) is 12.7. The van der Waals surface area contributed by atoms with Gasteiger partial charge < -0.3 is 4.74 Å². The third kappa shape index (κ3) is 4.90. The Kier molecular flexibility index (Phi) is 6.95. The van der Waals surface area contributed by atoms with E-state index in [0.717, 1.165) is 24.1 Å². The lowest BCUT2D eigenvalue weighted by Gasteiger charge is -2.16. The zero-order valence-corrected chi connectivity index (χ0v) is 22.7. The summed E-state index contributed by atoms with van der Waals surface area (Å²) in [6.07, 6.45) is 6.15. The lowest BCUT2D eigenvalue weighted by Crippen LogP contribution is -2.28. The van der Waals surface area contributed by atoms with Crippen LogP contribution in [-0.4, -0.2) is 50.8 Å². The summed E-state index contributed by atoms with van der Waals surface area (Å²) < 4.78 is 31.3. The molecule has 11 heteroatoms. The molecule has 3 aromatic heterocycles. The minimum atomic E-state index is -3.26. The summed E-state index contributed by atoms with van der Waals surface area (Å²) in [6.45, 7) is 5.49. The summed E-state index contributed by atoms with van der Waals surface area (Å²) in [5.41, 5.74) is 3.60. The molecule has 5 rings (SSSR count). The summed E-state index contributed by atoms with van der Waals surface area (Å²) >= 11 is 0. The monoisotopic (exact) mass is 534 g/mol. The predicted molar refractivity (Wildman–Crippen MR) is 143 cm³/mol. The third-order valence-corrected chi connectivity index (χ3v) is 8.50. The maximum atomic E-state index is 13.5. The van der Waals surface area contributed by atoms with Crippen LogP contribution in [0.25, 0.3) is 22.6 Å². The van der Waals surface area contributed by atoms with Gasteiger partial charge in [-0.2, -0.15) is 0 Å². The van der Waals surface area contributed by atoms with Crippen LogP contribution in [0.2, 0.25) is 0 Å². The largest absolute Gasteiger partial charge is 0.480 e. The second kappa shape index (κ2) is 10.2. The van der Waals surface area contributed by atoms with Gasteiger partial charge in [0, 0.05) is 12.0 Å². The van der Waals surface area contributed by atoms with E-state index in [1.54, 1.807) is 49.1 Å². The Bertz CT molecular complexity index is 1660. The fraction of sp³-hybridized carbons (Fsp3) is 0.407. The molecule has 1 saturated carbocycles. The number of aryl methyl sites for hydroxylation is 2. The van der Waals surface area contributed by atoms with Gasteiger partial charge in [0.15, 0.2) is 21.3 Å². The maximum Gasteiger partial charge on any atom is 0.274 e. The van der Waals surface area contributed by atoms with Gasteiger partial charge in [0.1, 0.15) is 23.1 Å². The van der Waals surface area contributed by atoms with Crippen molar-refractivity contribution in [3.63, 3.8) is 0 Å². The molecule has 0 radical (unpaired) electrons. The molecule has 0 spiro atoms. The van der Waals surface area contributed by atoms with Crippen LogP contribution in [0.5, 0.6) is 5.88 Å². The number of rotatable bonds is 9. The van der Waals surface area contributed by atoms with Gasteiger partial charge in [0.2, 0.25) is 5.88 Å². The van der Waals surface area contributed by atoms with Crippen LogP contribution in [0.1, 0.15) is 62.5 Å². The van der Waals surface area contributed by atoms with E-state index in [9.17, 15) is 13.2 Å².